The largest absolute Gasteiger partial charge is 0.355 e. The van der Waals surface area contributed by atoms with E-state index < -0.39 is 0 Å². The van der Waals surface area contributed by atoms with Crippen molar-refractivity contribution in [2.24, 2.45) is 0 Å². The zero-order chi connectivity index (χ0) is 18.1. The molecule has 5 rings (SSSR count). The minimum Gasteiger partial charge on any atom is -0.355 e. The van der Waals surface area contributed by atoms with Crippen LogP contribution in [0.25, 0.3) is 21.6 Å². The average Bonchev–Trinajstić information content (AvgIpc) is 3.40. The minimum absolute atomic E-state index is 0.717. The van der Waals surface area contributed by atoms with E-state index in [0.717, 1.165) is 52.7 Å². The van der Waals surface area contributed by atoms with E-state index in [1.165, 1.54) is 0 Å². The highest BCUT2D eigenvalue weighted by molar-refractivity contribution is 7.17. The number of anilines is 3. The van der Waals surface area contributed by atoms with Crippen LogP contribution < -0.4 is 10.2 Å². The summed E-state index contributed by atoms with van der Waals surface area (Å²) in [5, 5.41) is 5.30. The Bertz CT molecular complexity index is 1070. The predicted molar refractivity (Wildman–Crippen MR) is 109 cm³/mol. The number of hydrogen-bond acceptors (Lipinski definition) is 7. The number of fused-ring (bicyclic) bond motifs is 1. The third kappa shape index (κ3) is 3.21. The van der Waals surface area contributed by atoms with Gasteiger partial charge < -0.3 is 10.2 Å². The van der Waals surface area contributed by atoms with Crippen molar-refractivity contribution in [3.05, 3.63) is 60.6 Å². The lowest BCUT2D eigenvalue weighted by Crippen LogP contribution is -2.19. The van der Waals surface area contributed by atoms with Gasteiger partial charge in [0, 0.05) is 31.0 Å². The predicted octanol–water partition coefficient (Wildman–Crippen LogP) is 4.31. The van der Waals surface area contributed by atoms with Gasteiger partial charge >= 0.3 is 0 Å². The summed E-state index contributed by atoms with van der Waals surface area (Å²) in [6.07, 6.45) is 6.91. The molecule has 1 aliphatic rings. The quantitative estimate of drug-likeness (QED) is 0.575. The lowest BCUT2D eigenvalue weighted by atomic mass is 10.2. The van der Waals surface area contributed by atoms with E-state index in [2.05, 4.69) is 38.1 Å². The van der Waals surface area contributed by atoms with Crippen LogP contribution in [-0.4, -0.2) is 33.0 Å². The number of thiophene rings is 1. The van der Waals surface area contributed by atoms with Crippen molar-refractivity contribution in [3.8, 4) is 11.4 Å². The molecule has 0 saturated carbocycles. The molecule has 0 spiro atoms. The second kappa shape index (κ2) is 6.92. The highest BCUT2D eigenvalue weighted by Crippen LogP contribution is 2.33. The van der Waals surface area contributed by atoms with E-state index in [1.54, 1.807) is 23.7 Å². The molecule has 133 valence electrons. The summed E-state index contributed by atoms with van der Waals surface area (Å²) in [5.74, 6) is 3.21. The molecule has 5 heterocycles. The van der Waals surface area contributed by atoms with Gasteiger partial charge in [-0.15, -0.1) is 11.3 Å². The van der Waals surface area contributed by atoms with Crippen molar-refractivity contribution in [2.45, 2.75) is 6.42 Å². The van der Waals surface area contributed by atoms with Crippen LogP contribution in [0.3, 0.4) is 0 Å². The molecule has 4 aromatic rings. The summed E-state index contributed by atoms with van der Waals surface area (Å²) in [5.41, 5.74) is 1.92. The second-order valence-corrected chi connectivity index (χ2v) is 7.22. The first-order valence-electron chi connectivity index (χ1n) is 8.83. The van der Waals surface area contributed by atoms with Crippen molar-refractivity contribution in [2.75, 3.05) is 23.3 Å². The molecule has 4 aromatic heterocycles. The summed E-state index contributed by atoms with van der Waals surface area (Å²) in [6.45, 7) is 1.94. The van der Waals surface area contributed by atoms with Crippen molar-refractivity contribution in [1.29, 1.82) is 0 Å². The van der Waals surface area contributed by atoms with E-state index in [-0.39, 0.29) is 0 Å². The summed E-state index contributed by atoms with van der Waals surface area (Å²) in [4.78, 5) is 20.7. The molecule has 6 nitrogen and oxygen atoms in total. The maximum atomic E-state index is 4.91. The first kappa shape index (κ1) is 16.1. The number of nitrogens with one attached hydrogen (secondary N) is 1. The van der Waals surface area contributed by atoms with Gasteiger partial charge in [0.2, 0.25) is 0 Å². The zero-order valence-corrected chi connectivity index (χ0v) is 15.4. The van der Waals surface area contributed by atoms with Gasteiger partial charge in [0.05, 0.1) is 10.2 Å². The lowest BCUT2D eigenvalue weighted by molar-refractivity contribution is 0.943. The molecular formula is C20H17N6S. The molecule has 1 saturated heterocycles. The molecule has 1 aliphatic heterocycles. The van der Waals surface area contributed by atoms with Crippen molar-refractivity contribution >= 4 is 39.0 Å². The number of nitrogens with zero attached hydrogens (tertiary/aromatic N) is 5. The van der Waals surface area contributed by atoms with Gasteiger partial charge in [-0.2, -0.15) is 0 Å². The molecular weight excluding hydrogens is 356 g/mol. The van der Waals surface area contributed by atoms with Gasteiger partial charge in [-0.05, 0) is 48.6 Å². The van der Waals surface area contributed by atoms with Crippen molar-refractivity contribution in [3.63, 3.8) is 0 Å². The monoisotopic (exact) mass is 373 g/mol. The molecule has 0 bridgehead atoms. The molecule has 1 fully saturated rings. The lowest BCUT2D eigenvalue weighted by Gasteiger charge is -2.18. The standard InChI is InChI=1S/C20H17N6S/c1-2-8-21-16(5-1)24-17-13-14(6-9-22-17)19-23-15-7-12-27-18(15)20(25-19)26-10-3-4-11-26/h1-3,5-9,12-13H,4,10-11H2,(H,21,22,24). The Labute approximate surface area is 161 Å². The van der Waals surface area contributed by atoms with Crippen LogP contribution in [0.5, 0.6) is 0 Å². The summed E-state index contributed by atoms with van der Waals surface area (Å²) >= 11 is 1.70. The second-order valence-electron chi connectivity index (χ2n) is 6.30. The average molecular weight is 373 g/mol. The van der Waals surface area contributed by atoms with Crippen LogP contribution in [0.1, 0.15) is 6.42 Å². The fourth-order valence-corrected chi connectivity index (χ4v) is 4.02. The Morgan fingerprint density at radius 3 is 2.81 bits per heavy atom. The van der Waals surface area contributed by atoms with Crippen molar-refractivity contribution in [1.82, 2.24) is 19.9 Å². The Morgan fingerprint density at radius 1 is 1.00 bits per heavy atom. The minimum atomic E-state index is 0.717. The molecule has 0 atom stereocenters. The fraction of sp³-hybridized carbons (Fsp3) is 0.150. The molecule has 0 unspecified atom stereocenters. The Kier molecular flexibility index (Phi) is 4.14. The van der Waals surface area contributed by atoms with Crippen LogP contribution in [0.15, 0.2) is 54.2 Å². The third-order valence-electron chi connectivity index (χ3n) is 4.48. The van der Waals surface area contributed by atoms with Gasteiger partial charge in [0.1, 0.15) is 11.6 Å². The van der Waals surface area contributed by atoms with Crippen LogP contribution in [0.4, 0.5) is 17.5 Å². The number of aromatic nitrogens is 4. The highest BCUT2D eigenvalue weighted by atomic mass is 32.1. The molecule has 0 aromatic carbocycles. The maximum absolute atomic E-state index is 4.91. The number of hydrogen-bond donors (Lipinski definition) is 1. The Balaban J connectivity index is 1.54. The summed E-state index contributed by atoms with van der Waals surface area (Å²) in [6, 6.07) is 11.7. The molecule has 27 heavy (non-hydrogen) atoms. The maximum Gasteiger partial charge on any atom is 0.162 e. The van der Waals surface area contributed by atoms with E-state index in [0.29, 0.717) is 5.82 Å². The molecule has 1 radical (unpaired) electrons. The van der Waals surface area contributed by atoms with Gasteiger partial charge in [0.25, 0.3) is 0 Å². The zero-order valence-electron chi connectivity index (χ0n) is 14.5. The van der Waals surface area contributed by atoms with E-state index in [4.69, 9.17) is 9.97 Å². The normalized spacial score (nSPS) is 14.0. The van der Waals surface area contributed by atoms with Crippen LogP contribution >= 0.6 is 11.3 Å². The smallest absolute Gasteiger partial charge is 0.162 e. The molecule has 0 amide bonds. The van der Waals surface area contributed by atoms with Gasteiger partial charge in [-0.3, -0.25) is 0 Å². The Morgan fingerprint density at radius 2 is 1.96 bits per heavy atom. The van der Waals surface area contributed by atoms with E-state index in [1.807, 2.05) is 30.3 Å². The SMILES string of the molecule is [CH]1CCN(c2nc(-c3ccnc(Nc4ccccn4)c3)nc3ccsc23)C1. The number of pyridine rings is 2. The molecule has 1 N–H and O–H groups in total. The summed E-state index contributed by atoms with van der Waals surface area (Å²) < 4.78 is 1.15. The van der Waals surface area contributed by atoms with Crippen molar-refractivity contribution < 1.29 is 0 Å². The first-order valence-corrected chi connectivity index (χ1v) is 9.71. The van der Waals surface area contributed by atoms with Gasteiger partial charge in [-0.25, -0.2) is 19.9 Å². The Hall–Kier alpha value is -3.06. The molecule has 0 aliphatic carbocycles. The van der Waals surface area contributed by atoms with E-state index in [9.17, 15) is 0 Å². The van der Waals surface area contributed by atoms with E-state index >= 15 is 0 Å². The molecule has 7 heteroatoms. The van der Waals surface area contributed by atoms with Crippen LogP contribution in [0, 0.1) is 6.42 Å². The van der Waals surface area contributed by atoms with Crippen LogP contribution in [-0.2, 0) is 0 Å². The first-order chi connectivity index (χ1) is 13.4. The topological polar surface area (TPSA) is 66.8 Å². The third-order valence-corrected chi connectivity index (χ3v) is 5.38. The summed E-state index contributed by atoms with van der Waals surface area (Å²) in [7, 11) is 0. The van der Waals surface area contributed by atoms with Gasteiger partial charge in [-0.1, -0.05) is 6.07 Å². The fourth-order valence-electron chi connectivity index (χ4n) is 3.18. The highest BCUT2D eigenvalue weighted by Gasteiger charge is 2.19. The number of rotatable bonds is 4. The van der Waals surface area contributed by atoms with Gasteiger partial charge in [0.15, 0.2) is 11.6 Å². The van der Waals surface area contributed by atoms with Crippen LogP contribution in [0.2, 0.25) is 0 Å².